The average molecular weight is 580 g/mol. The second kappa shape index (κ2) is 9.83. The molecule has 6 aliphatic rings. The Labute approximate surface area is 249 Å². The van der Waals surface area contributed by atoms with Gasteiger partial charge in [0.1, 0.15) is 30.3 Å². The first-order valence-electron chi connectivity index (χ1n) is 15.1. The van der Waals surface area contributed by atoms with Crippen LogP contribution in [0.1, 0.15) is 31.2 Å². The lowest BCUT2D eigenvalue weighted by atomic mass is 9.87. The number of nitrogens with zero attached hydrogens (tertiary/aromatic N) is 9. The number of amides is 2. The van der Waals surface area contributed by atoms with E-state index in [-0.39, 0.29) is 24.2 Å². The molecule has 2 amide bonds. The number of likely N-dealkylation sites (tertiary alicyclic amines) is 2. The number of hydrogen-bond donors (Lipinski definition) is 1. The molecule has 1 N–H and O–H groups in total. The number of ether oxygens (including phenoxy) is 1. The molecule has 0 radical (unpaired) electrons. The van der Waals surface area contributed by atoms with Crippen molar-refractivity contribution >= 4 is 17.4 Å². The molecule has 12 nitrogen and oxygen atoms in total. The molecule has 12 heteroatoms. The minimum atomic E-state index is -0.477. The molecule has 5 unspecified atom stereocenters. The molecule has 5 aliphatic heterocycles. The lowest BCUT2D eigenvalue weighted by molar-refractivity contribution is 0.0191. The van der Waals surface area contributed by atoms with Crippen LogP contribution in [0.2, 0.25) is 0 Å². The van der Waals surface area contributed by atoms with Crippen LogP contribution in [0.5, 0.6) is 5.75 Å². The molecule has 5 atom stereocenters. The van der Waals surface area contributed by atoms with Crippen molar-refractivity contribution in [3.63, 3.8) is 0 Å². The maximum Gasteiger partial charge on any atom is 0.321 e. The van der Waals surface area contributed by atoms with E-state index >= 15 is 0 Å². The van der Waals surface area contributed by atoms with Crippen LogP contribution in [-0.4, -0.2) is 110 Å². The summed E-state index contributed by atoms with van der Waals surface area (Å²) in [7, 11) is 0. The highest BCUT2D eigenvalue weighted by Gasteiger charge is 2.58. The van der Waals surface area contributed by atoms with Crippen molar-refractivity contribution < 1.29 is 14.6 Å². The number of aromatic nitrogens is 3. The van der Waals surface area contributed by atoms with Crippen LogP contribution in [0.4, 0.5) is 10.6 Å². The van der Waals surface area contributed by atoms with E-state index in [4.69, 9.17) is 9.72 Å². The number of fused-ring (bicyclic) bond motifs is 4. The molecule has 43 heavy (non-hydrogen) atoms. The van der Waals surface area contributed by atoms with Crippen LogP contribution in [0, 0.1) is 28.6 Å². The third-order valence-corrected chi connectivity index (χ3v) is 10.0. The van der Waals surface area contributed by atoms with Crippen LogP contribution in [0.15, 0.2) is 36.8 Å². The number of hydrogen-bond acceptors (Lipinski definition) is 9. The summed E-state index contributed by atoms with van der Waals surface area (Å²) in [5.41, 5.74) is 2.38. The highest BCUT2D eigenvalue weighted by atomic mass is 16.5. The maximum atomic E-state index is 13.2. The van der Waals surface area contributed by atoms with Gasteiger partial charge in [0.15, 0.2) is 0 Å². The van der Waals surface area contributed by atoms with Gasteiger partial charge in [0.05, 0.1) is 47.2 Å². The van der Waals surface area contributed by atoms with Crippen LogP contribution < -0.4 is 9.64 Å². The van der Waals surface area contributed by atoms with Gasteiger partial charge in [-0.1, -0.05) is 0 Å². The van der Waals surface area contributed by atoms with E-state index in [9.17, 15) is 20.4 Å². The number of urea groups is 1. The number of carbonyl (C=O) groups is 1. The minimum Gasteiger partial charge on any atom is -0.491 e. The third-order valence-electron chi connectivity index (χ3n) is 10.0. The molecule has 0 aromatic carbocycles. The molecule has 8 heterocycles. The van der Waals surface area contributed by atoms with Gasteiger partial charge in [0, 0.05) is 62.5 Å². The van der Waals surface area contributed by atoms with Crippen molar-refractivity contribution in [1.29, 1.82) is 10.5 Å². The van der Waals surface area contributed by atoms with Crippen molar-refractivity contribution in [2.24, 2.45) is 5.92 Å². The molecular weight excluding hydrogens is 546 g/mol. The Hall–Kier alpha value is -4.39. The fraction of sp³-hybridized carbons (Fsp3) is 0.516. The third kappa shape index (κ3) is 4.36. The molecule has 220 valence electrons. The van der Waals surface area contributed by atoms with E-state index in [1.165, 1.54) is 0 Å². The van der Waals surface area contributed by atoms with Crippen molar-refractivity contribution in [1.82, 2.24) is 29.3 Å². The molecule has 1 aliphatic carbocycles. The molecule has 3 aromatic rings. The van der Waals surface area contributed by atoms with Gasteiger partial charge in [-0.15, -0.1) is 0 Å². The summed E-state index contributed by atoms with van der Waals surface area (Å²) >= 11 is 0. The molecular formula is C31H33N9O3. The fourth-order valence-electron chi connectivity index (χ4n) is 7.62. The predicted molar refractivity (Wildman–Crippen MR) is 155 cm³/mol. The zero-order valence-electron chi connectivity index (χ0n) is 23.8. The molecule has 0 spiro atoms. The molecule has 3 aromatic heterocycles. The summed E-state index contributed by atoms with van der Waals surface area (Å²) in [6.45, 7) is 4.94. The number of piperazine rings is 1. The molecule has 9 rings (SSSR count). The maximum absolute atomic E-state index is 13.2. The van der Waals surface area contributed by atoms with Crippen molar-refractivity contribution in [2.45, 2.75) is 49.4 Å². The topological polar surface area (TPSA) is 137 Å². The van der Waals surface area contributed by atoms with E-state index < -0.39 is 5.60 Å². The smallest absolute Gasteiger partial charge is 0.321 e. The van der Waals surface area contributed by atoms with Gasteiger partial charge in [-0.05, 0) is 43.9 Å². The summed E-state index contributed by atoms with van der Waals surface area (Å²) in [4.78, 5) is 26.2. The van der Waals surface area contributed by atoms with Crippen molar-refractivity contribution in [3.05, 3.63) is 42.4 Å². The highest BCUT2D eigenvalue weighted by molar-refractivity contribution is 5.85. The van der Waals surface area contributed by atoms with Gasteiger partial charge in [-0.3, -0.25) is 4.90 Å². The summed E-state index contributed by atoms with van der Waals surface area (Å²) in [6.07, 6.45) is 8.72. The lowest BCUT2D eigenvalue weighted by Gasteiger charge is -2.57. The van der Waals surface area contributed by atoms with E-state index in [2.05, 4.69) is 27.0 Å². The van der Waals surface area contributed by atoms with Crippen molar-refractivity contribution in [2.75, 3.05) is 50.8 Å². The minimum absolute atomic E-state index is 0.00262. The summed E-state index contributed by atoms with van der Waals surface area (Å²) < 4.78 is 7.82. The van der Waals surface area contributed by atoms with E-state index in [1.807, 2.05) is 29.3 Å². The highest BCUT2D eigenvalue weighted by Crippen LogP contribution is 2.49. The average Bonchev–Trinajstić information content (AvgIpc) is 3.43. The van der Waals surface area contributed by atoms with Crippen LogP contribution in [0.3, 0.4) is 0 Å². The lowest BCUT2D eigenvalue weighted by Crippen LogP contribution is -2.72. The number of pyridine rings is 2. The van der Waals surface area contributed by atoms with Gasteiger partial charge < -0.3 is 24.5 Å². The number of anilines is 1. The Bertz CT molecular complexity index is 1660. The van der Waals surface area contributed by atoms with Crippen LogP contribution in [-0.2, 0) is 0 Å². The first-order chi connectivity index (χ1) is 20.9. The fourth-order valence-corrected chi connectivity index (χ4v) is 7.62. The van der Waals surface area contributed by atoms with Gasteiger partial charge in [0.25, 0.3) is 0 Å². The number of nitriles is 2. The van der Waals surface area contributed by atoms with Crippen molar-refractivity contribution in [3.8, 4) is 29.0 Å². The Morgan fingerprint density at radius 1 is 1.19 bits per heavy atom. The Morgan fingerprint density at radius 2 is 2.05 bits per heavy atom. The summed E-state index contributed by atoms with van der Waals surface area (Å²) in [5.74, 6) is 1.91. The predicted octanol–water partition coefficient (Wildman–Crippen LogP) is 2.08. The molecule has 6 fully saturated rings. The number of β-amino-alcohol motifs (C(OH)–C–C–N with tert-alkyl or cyclic N) is 1. The van der Waals surface area contributed by atoms with Crippen LogP contribution >= 0.6 is 0 Å². The van der Waals surface area contributed by atoms with Gasteiger partial charge >= 0.3 is 6.03 Å². The van der Waals surface area contributed by atoms with Crippen LogP contribution in [0.25, 0.3) is 16.6 Å². The first kappa shape index (κ1) is 26.3. The second-order valence-electron chi connectivity index (χ2n) is 12.7. The summed E-state index contributed by atoms with van der Waals surface area (Å²) in [6, 6.07) is 10.4. The number of aliphatic hydroxyl groups is 1. The Kier molecular flexibility index (Phi) is 6.00. The Morgan fingerprint density at radius 3 is 2.77 bits per heavy atom. The SMILES string of the molecule is N#Cc1cnn2cc(OCCN3CC4CC4(O)C3)cc(-c3ccc(N4CC5CC(C4)N5C(=O)N4CCCC4C#N)nc3)c12. The normalized spacial score (nSPS) is 29.2. The second-order valence-corrected chi connectivity index (χ2v) is 12.7. The van der Waals surface area contributed by atoms with Gasteiger partial charge in [0.2, 0.25) is 0 Å². The molecule has 5 saturated heterocycles. The van der Waals surface area contributed by atoms with E-state index in [0.717, 1.165) is 55.7 Å². The largest absolute Gasteiger partial charge is 0.491 e. The quantitative estimate of drug-likeness (QED) is 0.465. The standard InChI is InChI=1S/C31H33N9O3/c32-11-21-14-35-39-18-26(43-7-6-36-15-22-10-31(22,42)19-36)9-27(29(21)39)20-3-4-28(34-13-20)37-16-24-8-25(17-37)40(24)30(41)38-5-1-2-23(38)12-33/h3-4,9,13-14,18,22-25,42H,1-2,5-8,10,15-17,19H2. The number of rotatable bonds is 6. The first-order valence-corrected chi connectivity index (χ1v) is 15.1. The van der Waals surface area contributed by atoms with E-state index in [0.29, 0.717) is 55.5 Å². The van der Waals surface area contributed by atoms with Gasteiger partial charge in [-0.25, -0.2) is 14.3 Å². The monoisotopic (exact) mass is 579 g/mol. The zero-order valence-corrected chi connectivity index (χ0v) is 23.8. The van der Waals surface area contributed by atoms with E-state index in [1.54, 1.807) is 21.8 Å². The number of carbonyl (C=O) groups excluding carboxylic acids is 1. The molecule has 2 bridgehead atoms. The zero-order chi connectivity index (χ0) is 29.3. The number of piperidine rings is 2. The molecule has 1 saturated carbocycles. The summed E-state index contributed by atoms with van der Waals surface area (Å²) in [5, 5.41) is 33.9. The Balaban J connectivity index is 0.971. The van der Waals surface area contributed by atoms with Gasteiger partial charge in [-0.2, -0.15) is 15.6 Å².